The molecule has 88 valence electrons. The van der Waals surface area contributed by atoms with Crippen LogP contribution >= 0.6 is 0 Å². The highest BCUT2D eigenvalue weighted by Crippen LogP contribution is 2.23. The molecule has 1 aliphatic rings. The molecule has 17 heavy (non-hydrogen) atoms. The summed E-state index contributed by atoms with van der Waals surface area (Å²) in [7, 11) is 1.77. The Labute approximate surface area is 98.4 Å². The van der Waals surface area contributed by atoms with Gasteiger partial charge in [0.15, 0.2) is 6.29 Å². The van der Waals surface area contributed by atoms with E-state index in [4.69, 9.17) is 9.47 Å². The first-order valence-electron chi connectivity index (χ1n) is 5.59. The van der Waals surface area contributed by atoms with Crippen molar-refractivity contribution in [2.24, 2.45) is 7.05 Å². The molecule has 2 heterocycles. The van der Waals surface area contributed by atoms with Gasteiger partial charge in [0.25, 0.3) is 5.56 Å². The van der Waals surface area contributed by atoms with Gasteiger partial charge in [-0.25, -0.2) is 0 Å². The van der Waals surface area contributed by atoms with Crippen LogP contribution in [0.1, 0.15) is 11.9 Å². The van der Waals surface area contributed by atoms with Crippen molar-refractivity contribution >= 4 is 10.9 Å². The van der Waals surface area contributed by atoms with E-state index in [9.17, 15) is 4.79 Å². The normalized spacial score (nSPS) is 16.8. The second-order valence-electron chi connectivity index (χ2n) is 4.10. The highest BCUT2D eigenvalue weighted by molar-refractivity contribution is 5.79. The maximum absolute atomic E-state index is 12.2. The molecule has 1 saturated heterocycles. The smallest absolute Gasteiger partial charge is 0.259 e. The Balaban J connectivity index is 2.25. The largest absolute Gasteiger partial charge is 0.346 e. The molecule has 1 aliphatic heterocycles. The number of hydrogen-bond donors (Lipinski definition) is 0. The zero-order chi connectivity index (χ0) is 11.8. The number of aryl methyl sites for hydroxylation is 1. The maximum Gasteiger partial charge on any atom is 0.259 e. The highest BCUT2D eigenvalue weighted by atomic mass is 16.7. The van der Waals surface area contributed by atoms with Crippen molar-refractivity contribution in [3.63, 3.8) is 0 Å². The molecule has 0 spiro atoms. The van der Waals surface area contributed by atoms with E-state index in [1.807, 2.05) is 30.3 Å². The van der Waals surface area contributed by atoms with Gasteiger partial charge in [0.2, 0.25) is 0 Å². The van der Waals surface area contributed by atoms with Crippen LogP contribution in [-0.4, -0.2) is 17.8 Å². The summed E-state index contributed by atoms with van der Waals surface area (Å²) in [4.78, 5) is 12.2. The predicted octanol–water partition coefficient (Wildman–Crippen LogP) is 1.58. The number of rotatable bonds is 1. The van der Waals surface area contributed by atoms with E-state index < -0.39 is 6.29 Å². The number of ether oxygens (including phenoxy) is 2. The topological polar surface area (TPSA) is 40.5 Å². The molecule has 3 rings (SSSR count). The van der Waals surface area contributed by atoms with Gasteiger partial charge < -0.3 is 14.0 Å². The van der Waals surface area contributed by atoms with Crippen molar-refractivity contribution in [3.05, 3.63) is 46.2 Å². The molecular formula is C13H13NO3. The predicted molar refractivity (Wildman–Crippen MR) is 63.8 cm³/mol. The van der Waals surface area contributed by atoms with Crippen LogP contribution in [0.15, 0.2) is 35.1 Å². The fraction of sp³-hybridized carbons (Fsp3) is 0.308. The molecule has 1 aromatic heterocycles. The molecule has 4 nitrogen and oxygen atoms in total. The fourth-order valence-electron chi connectivity index (χ4n) is 2.15. The van der Waals surface area contributed by atoms with Gasteiger partial charge in [-0.3, -0.25) is 4.79 Å². The number of nitrogens with zero attached hydrogens (tertiary/aromatic N) is 1. The molecule has 0 atom stereocenters. The van der Waals surface area contributed by atoms with Gasteiger partial charge in [-0.1, -0.05) is 18.2 Å². The number of fused-ring (bicyclic) bond motifs is 1. The van der Waals surface area contributed by atoms with Gasteiger partial charge >= 0.3 is 0 Å². The van der Waals surface area contributed by atoms with Gasteiger partial charge in [0.05, 0.1) is 24.3 Å². The van der Waals surface area contributed by atoms with Crippen LogP contribution < -0.4 is 5.56 Å². The monoisotopic (exact) mass is 231 g/mol. The second-order valence-corrected chi connectivity index (χ2v) is 4.10. The highest BCUT2D eigenvalue weighted by Gasteiger charge is 2.22. The minimum Gasteiger partial charge on any atom is -0.346 e. The Morgan fingerprint density at radius 2 is 1.94 bits per heavy atom. The zero-order valence-electron chi connectivity index (χ0n) is 9.55. The van der Waals surface area contributed by atoms with E-state index in [0.29, 0.717) is 18.8 Å². The summed E-state index contributed by atoms with van der Waals surface area (Å²) in [6.07, 6.45) is -0.515. The lowest BCUT2D eigenvalue weighted by Gasteiger charge is -2.12. The van der Waals surface area contributed by atoms with Crippen molar-refractivity contribution in [3.8, 4) is 0 Å². The summed E-state index contributed by atoms with van der Waals surface area (Å²) in [6.45, 7) is 1.08. The second kappa shape index (κ2) is 3.98. The Kier molecular flexibility index (Phi) is 2.46. The molecule has 0 saturated carbocycles. The summed E-state index contributed by atoms with van der Waals surface area (Å²) >= 11 is 0. The minimum absolute atomic E-state index is 0.0596. The van der Waals surface area contributed by atoms with Crippen LogP contribution in [0.5, 0.6) is 0 Å². The average molecular weight is 231 g/mol. The lowest BCUT2D eigenvalue weighted by atomic mass is 10.1. The Morgan fingerprint density at radius 1 is 1.24 bits per heavy atom. The van der Waals surface area contributed by atoms with Gasteiger partial charge in [-0.2, -0.15) is 0 Å². The molecule has 1 fully saturated rings. The van der Waals surface area contributed by atoms with Crippen LogP contribution in [0.25, 0.3) is 10.9 Å². The van der Waals surface area contributed by atoms with E-state index in [2.05, 4.69) is 0 Å². The summed E-state index contributed by atoms with van der Waals surface area (Å²) in [5.74, 6) is 0. The van der Waals surface area contributed by atoms with Crippen LogP contribution in [0.4, 0.5) is 0 Å². The van der Waals surface area contributed by atoms with Gasteiger partial charge in [-0.05, 0) is 17.5 Å². The van der Waals surface area contributed by atoms with Crippen LogP contribution in [-0.2, 0) is 16.5 Å². The third kappa shape index (κ3) is 1.66. The molecule has 0 amide bonds. The zero-order valence-corrected chi connectivity index (χ0v) is 9.55. The first-order chi connectivity index (χ1) is 8.27. The van der Waals surface area contributed by atoms with Crippen molar-refractivity contribution in [1.29, 1.82) is 0 Å². The Morgan fingerprint density at radius 3 is 2.71 bits per heavy atom. The Bertz CT molecular complexity index is 612. The summed E-state index contributed by atoms with van der Waals surface area (Å²) in [5, 5.41) is 1.02. The molecule has 0 aliphatic carbocycles. The van der Waals surface area contributed by atoms with E-state index in [-0.39, 0.29) is 5.56 Å². The lowest BCUT2D eigenvalue weighted by molar-refractivity contribution is -0.0452. The Hall–Kier alpha value is -1.65. The molecule has 0 N–H and O–H groups in total. The molecular weight excluding hydrogens is 218 g/mol. The van der Waals surface area contributed by atoms with Crippen molar-refractivity contribution in [1.82, 2.24) is 4.57 Å². The molecule has 4 heteroatoms. The number of benzene rings is 1. The van der Waals surface area contributed by atoms with Crippen molar-refractivity contribution < 1.29 is 9.47 Å². The molecule has 0 bridgehead atoms. The third-order valence-corrected chi connectivity index (χ3v) is 3.04. The number of para-hydroxylation sites is 1. The standard InChI is InChI=1S/C13H13NO3/c1-14-11-5-3-2-4-9(11)8-10(12(14)15)13-16-6-7-17-13/h2-5,8,13H,6-7H2,1H3. The number of aromatic nitrogens is 1. The van der Waals surface area contributed by atoms with E-state index >= 15 is 0 Å². The number of hydrogen-bond acceptors (Lipinski definition) is 3. The average Bonchev–Trinajstić information content (AvgIpc) is 2.87. The molecule has 1 aromatic carbocycles. The van der Waals surface area contributed by atoms with E-state index in [1.54, 1.807) is 11.6 Å². The van der Waals surface area contributed by atoms with Crippen LogP contribution in [0.3, 0.4) is 0 Å². The van der Waals surface area contributed by atoms with Gasteiger partial charge in [-0.15, -0.1) is 0 Å². The molecule has 0 unspecified atom stereocenters. The molecule has 0 radical (unpaired) electrons. The lowest BCUT2D eigenvalue weighted by Crippen LogP contribution is -2.23. The quantitative estimate of drug-likeness (QED) is 0.748. The van der Waals surface area contributed by atoms with E-state index in [0.717, 1.165) is 10.9 Å². The van der Waals surface area contributed by atoms with Gasteiger partial charge in [0.1, 0.15) is 0 Å². The first-order valence-corrected chi connectivity index (χ1v) is 5.59. The summed E-state index contributed by atoms with van der Waals surface area (Å²) in [5.41, 5.74) is 1.43. The van der Waals surface area contributed by atoms with Gasteiger partial charge in [0, 0.05) is 7.05 Å². The van der Waals surface area contributed by atoms with Crippen LogP contribution in [0, 0.1) is 0 Å². The van der Waals surface area contributed by atoms with Crippen molar-refractivity contribution in [2.75, 3.05) is 13.2 Å². The minimum atomic E-state index is -0.515. The SMILES string of the molecule is Cn1c(=O)c(C2OCCO2)cc2ccccc21. The first kappa shape index (κ1) is 10.5. The fourth-order valence-corrected chi connectivity index (χ4v) is 2.15. The molecule has 2 aromatic rings. The van der Waals surface area contributed by atoms with Crippen molar-refractivity contribution in [2.45, 2.75) is 6.29 Å². The number of pyridine rings is 1. The summed E-state index contributed by atoms with van der Waals surface area (Å²) < 4.78 is 12.4. The van der Waals surface area contributed by atoms with E-state index in [1.165, 1.54) is 0 Å². The third-order valence-electron chi connectivity index (χ3n) is 3.04. The van der Waals surface area contributed by atoms with Crippen LogP contribution in [0.2, 0.25) is 0 Å². The summed E-state index contributed by atoms with van der Waals surface area (Å²) in [6, 6.07) is 9.63. The maximum atomic E-state index is 12.2.